The molecule has 0 atom stereocenters. The Morgan fingerprint density at radius 2 is 1.82 bits per heavy atom. The molecule has 0 bridgehead atoms. The van der Waals surface area contributed by atoms with Gasteiger partial charge in [0, 0.05) is 16.7 Å². The first-order valence-electron chi connectivity index (χ1n) is 12.0. The minimum Gasteiger partial charge on any atom is -0.462 e. The zero-order chi connectivity index (χ0) is 27.5. The summed E-state index contributed by atoms with van der Waals surface area (Å²) >= 11 is 1.23. The molecule has 0 unspecified atom stereocenters. The lowest BCUT2D eigenvalue weighted by atomic mass is 10.1. The molecule has 5 rings (SSSR count). The van der Waals surface area contributed by atoms with Crippen molar-refractivity contribution in [1.29, 1.82) is 0 Å². The summed E-state index contributed by atoms with van der Waals surface area (Å²) in [5, 5.41) is 9.57. The van der Waals surface area contributed by atoms with Crippen LogP contribution in [0.4, 0.5) is 5.00 Å². The third-order valence-electron chi connectivity index (χ3n) is 6.00. The van der Waals surface area contributed by atoms with E-state index < -0.39 is 30.0 Å². The molecule has 1 aliphatic rings. The van der Waals surface area contributed by atoms with E-state index in [4.69, 9.17) is 18.9 Å². The van der Waals surface area contributed by atoms with Gasteiger partial charge in [0.2, 0.25) is 6.79 Å². The molecule has 4 aromatic rings. The van der Waals surface area contributed by atoms with Gasteiger partial charge in [0.25, 0.3) is 11.5 Å². The number of nitrogens with one attached hydrogen (secondary N) is 2. The van der Waals surface area contributed by atoms with Crippen molar-refractivity contribution in [3.05, 3.63) is 80.1 Å². The second-order valence-electron chi connectivity index (χ2n) is 8.51. The number of rotatable bonds is 8. The molecular weight excluding hydrogens is 526 g/mol. The van der Waals surface area contributed by atoms with Crippen molar-refractivity contribution in [3.63, 3.8) is 0 Å². The normalized spacial score (nSPS) is 11.8. The molecule has 11 nitrogen and oxygen atoms in total. The van der Waals surface area contributed by atoms with Gasteiger partial charge in [-0.15, -0.1) is 11.3 Å². The minimum atomic E-state index is -0.880. The van der Waals surface area contributed by atoms with Crippen LogP contribution in [0.25, 0.3) is 10.8 Å². The van der Waals surface area contributed by atoms with Crippen LogP contribution in [0.3, 0.4) is 0 Å². The molecule has 0 spiro atoms. The van der Waals surface area contributed by atoms with Crippen LogP contribution >= 0.6 is 11.3 Å². The number of carbonyl (C=O) groups excluding carboxylic acids is 3. The second-order valence-corrected chi connectivity index (χ2v) is 9.62. The van der Waals surface area contributed by atoms with Crippen LogP contribution in [0.5, 0.6) is 11.5 Å². The van der Waals surface area contributed by atoms with Crippen LogP contribution in [-0.2, 0) is 20.7 Å². The number of amides is 1. The molecule has 39 heavy (non-hydrogen) atoms. The molecule has 0 fully saturated rings. The number of esters is 2. The fourth-order valence-electron chi connectivity index (χ4n) is 4.14. The van der Waals surface area contributed by atoms with Crippen LogP contribution in [0, 0.1) is 6.92 Å². The molecule has 2 aromatic carbocycles. The molecule has 1 amide bonds. The molecular formula is C27H23N3O8S. The van der Waals surface area contributed by atoms with Gasteiger partial charge in [0.15, 0.2) is 23.8 Å². The van der Waals surface area contributed by atoms with Gasteiger partial charge >= 0.3 is 11.9 Å². The fourth-order valence-corrected chi connectivity index (χ4v) is 5.38. The number of carbonyl (C=O) groups is 3. The Bertz CT molecular complexity index is 1660. The molecule has 0 saturated carbocycles. The molecule has 2 N–H and O–H groups in total. The Balaban J connectivity index is 1.33. The Morgan fingerprint density at radius 3 is 2.62 bits per heavy atom. The summed E-state index contributed by atoms with van der Waals surface area (Å²) in [6.45, 7) is 3.17. The largest absolute Gasteiger partial charge is 0.462 e. The van der Waals surface area contributed by atoms with Crippen LogP contribution in [0.2, 0.25) is 0 Å². The fraction of sp³-hybridized carbons (Fsp3) is 0.222. The molecule has 2 aromatic heterocycles. The van der Waals surface area contributed by atoms with Gasteiger partial charge < -0.3 is 24.3 Å². The first-order chi connectivity index (χ1) is 18.9. The van der Waals surface area contributed by atoms with Gasteiger partial charge in [-0.2, -0.15) is 5.10 Å². The third-order valence-corrected chi connectivity index (χ3v) is 7.21. The van der Waals surface area contributed by atoms with E-state index in [0.29, 0.717) is 28.9 Å². The molecule has 1 aliphatic heterocycles. The summed E-state index contributed by atoms with van der Waals surface area (Å²) in [6.07, 6.45) is 0.482. The quantitative estimate of drug-likeness (QED) is 0.315. The highest BCUT2D eigenvalue weighted by Gasteiger charge is 2.25. The average Bonchev–Trinajstić information content (AvgIpc) is 3.51. The van der Waals surface area contributed by atoms with Crippen molar-refractivity contribution in [1.82, 2.24) is 10.2 Å². The highest BCUT2D eigenvalue weighted by molar-refractivity contribution is 7.17. The number of aromatic nitrogens is 2. The Kier molecular flexibility index (Phi) is 7.28. The van der Waals surface area contributed by atoms with Gasteiger partial charge in [0.1, 0.15) is 5.00 Å². The molecule has 0 radical (unpaired) electrons. The Morgan fingerprint density at radius 1 is 1.05 bits per heavy atom. The summed E-state index contributed by atoms with van der Waals surface area (Å²) in [7, 11) is 0. The number of benzene rings is 2. The Labute approximate surface area is 225 Å². The van der Waals surface area contributed by atoms with E-state index in [-0.39, 0.29) is 35.0 Å². The first kappa shape index (κ1) is 25.9. The molecule has 200 valence electrons. The smallest absolute Gasteiger partial charge is 0.359 e. The van der Waals surface area contributed by atoms with Crippen LogP contribution in [0.15, 0.2) is 47.3 Å². The summed E-state index contributed by atoms with van der Waals surface area (Å²) < 4.78 is 21.2. The van der Waals surface area contributed by atoms with E-state index in [1.54, 1.807) is 38.1 Å². The lowest BCUT2D eigenvalue weighted by Crippen LogP contribution is -2.23. The van der Waals surface area contributed by atoms with E-state index in [1.807, 2.05) is 18.2 Å². The van der Waals surface area contributed by atoms with Crippen molar-refractivity contribution in [2.45, 2.75) is 20.3 Å². The minimum absolute atomic E-state index is 0.122. The predicted octanol–water partition coefficient (Wildman–Crippen LogP) is 3.58. The van der Waals surface area contributed by atoms with Gasteiger partial charge in [0.05, 0.1) is 17.6 Å². The molecule has 3 heterocycles. The number of thiophene rings is 1. The summed E-state index contributed by atoms with van der Waals surface area (Å²) in [5.74, 6) is -0.791. The van der Waals surface area contributed by atoms with Gasteiger partial charge in [-0.05, 0) is 43.2 Å². The SMILES string of the molecule is CCOC(=O)c1c(NC(=O)COC(=O)c2n[nH]c(=O)c3ccccc23)sc(Cc2ccc3c(c2)OCO3)c1C. The van der Waals surface area contributed by atoms with Crippen molar-refractivity contribution >= 4 is 45.0 Å². The van der Waals surface area contributed by atoms with Crippen molar-refractivity contribution in [2.24, 2.45) is 0 Å². The number of hydrogen-bond acceptors (Lipinski definition) is 10. The van der Waals surface area contributed by atoms with E-state index in [9.17, 15) is 19.2 Å². The number of anilines is 1. The highest BCUT2D eigenvalue weighted by Crippen LogP contribution is 2.37. The molecule has 12 heteroatoms. The number of hydrogen-bond donors (Lipinski definition) is 2. The van der Waals surface area contributed by atoms with Gasteiger partial charge in [-0.1, -0.05) is 24.3 Å². The zero-order valence-corrected chi connectivity index (χ0v) is 21.8. The first-order valence-corrected chi connectivity index (χ1v) is 12.8. The average molecular weight is 550 g/mol. The van der Waals surface area contributed by atoms with Crippen LogP contribution in [-0.4, -0.2) is 48.0 Å². The molecule has 0 aliphatic carbocycles. The standard InChI is InChI=1S/C27H23N3O8S/c1-3-35-26(33)22-14(2)20(11-15-8-9-18-19(10-15)38-13-37-18)39-25(22)28-21(31)12-36-27(34)23-16-6-4-5-7-17(16)24(32)30-29-23/h4-10H,3,11-13H2,1-2H3,(H,28,31)(H,30,32). The lowest BCUT2D eigenvalue weighted by molar-refractivity contribution is -0.119. The maximum Gasteiger partial charge on any atom is 0.359 e. The summed E-state index contributed by atoms with van der Waals surface area (Å²) in [4.78, 5) is 51.0. The second kappa shape index (κ2) is 11.0. The van der Waals surface area contributed by atoms with Gasteiger partial charge in [-0.3, -0.25) is 9.59 Å². The zero-order valence-electron chi connectivity index (χ0n) is 21.0. The maximum absolute atomic E-state index is 12.8. The maximum atomic E-state index is 12.8. The number of fused-ring (bicyclic) bond motifs is 2. The number of nitrogens with zero attached hydrogens (tertiary/aromatic N) is 1. The molecule has 0 saturated heterocycles. The monoisotopic (exact) mass is 549 g/mol. The van der Waals surface area contributed by atoms with E-state index in [2.05, 4.69) is 15.5 Å². The summed E-state index contributed by atoms with van der Waals surface area (Å²) in [5.41, 5.74) is 1.28. The highest BCUT2D eigenvalue weighted by atomic mass is 32.1. The topological polar surface area (TPSA) is 146 Å². The predicted molar refractivity (Wildman–Crippen MR) is 142 cm³/mol. The third kappa shape index (κ3) is 5.32. The Hall–Kier alpha value is -4.71. The summed E-state index contributed by atoms with van der Waals surface area (Å²) in [6, 6.07) is 12.0. The van der Waals surface area contributed by atoms with Crippen molar-refractivity contribution in [3.8, 4) is 11.5 Å². The number of ether oxygens (including phenoxy) is 4. The van der Waals surface area contributed by atoms with Crippen LogP contribution in [0.1, 0.15) is 43.8 Å². The van der Waals surface area contributed by atoms with E-state index >= 15 is 0 Å². The van der Waals surface area contributed by atoms with Crippen molar-refractivity contribution < 1.29 is 33.3 Å². The van der Waals surface area contributed by atoms with Crippen molar-refractivity contribution in [2.75, 3.05) is 25.3 Å². The lowest BCUT2D eigenvalue weighted by Gasteiger charge is -2.08. The van der Waals surface area contributed by atoms with E-state index in [0.717, 1.165) is 10.4 Å². The van der Waals surface area contributed by atoms with E-state index in [1.165, 1.54) is 11.3 Å². The van der Waals surface area contributed by atoms with Crippen LogP contribution < -0.4 is 20.3 Å². The van der Waals surface area contributed by atoms with Gasteiger partial charge in [-0.25, -0.2) is 14.7 Å². The number of H-pyrrole nitrogens is 1. The number of aromatic amines is 1.